The second-order valence-electron chi connectivity index (χ2n) is 6.16. The molecule has 0 radical (unpaired) electrons. The largest absolute Gasteiger partial charge is 0.444 e. The molecule has 1 amide bonds. The smallest absolute Gasteiger partial charge is 0.407 e. The molecule has 1 aliphatic carbocycles. The summed E-state index contributed by atoms with van der Waals surface area (Å²) in [7, 11) is 0. The number of nitrogens with two attached hydrogens (primary N) is 1. The fourth-order valence-corrected chi connectivity index (χ4v) is 1.64. The van der Waals surface area contributed by atoms with Gasteiger partial charge in [0.2, 0.25) is 0 Å². The molecule has 1 atom stereocenters. The minimum atomic E-state index is -0.453. The second kappa shape index (κ2) is 4.62. The van der Waals surface area contributed by atoms with Gasteiger partial charge in [-0.25, -0.2) is 4.79 Å². The standard InChI is InChI=1S/C12H24N2O2/c1-11(2,3)16-10(15)14-8-12(4,13)7-9-5-6-9/h9H,5-8,13H2,1-4H3,(H,14,15). The molecule has 4 heteroatoms. The Balaban J connectivity index is 2.24. The first kappa shape index (κ1) is 13.3. The van der Waals surface area contributed by atoms with Gasteiger partial charge in [0.1, 0.15) is 5.60 Å². The van der Waals surface area contributed by atoms with Gasteiger partial charge in [0.05, 0.1) is 0 Å². The Kier molecular flexibility index (Phi) is 3.84. The van der Waals surface area contributed by atoms with Gasteiger partial charge in [0, 0.05) is 12.1 Å². The first-order chi connectivity index (χ1) is 7.18. The van der Waals surface area contributed by atoms with E-state index in [1.54, 1.807) is 0 Å². The van der Waals surface area contributed by atoms with Crippen LogP contribution in [-0.4, -0.2) is 23.8 Å². The average molecular weight is 228 g/mol. The molecule has 1 unspecified atom stereocenters. The molecule has 0 aliphatic heterocycles. The molecule has 1 rings (SSSR count). The van der Waals surface area contributed by atoms with E-state index in [4.69, 9.17) is 10.5 Å². The third-order valence-corrected chi connectivity index (χ3v) is 2.49. The van der Waals surface area contributed by atoms with Crippen molar-refractivity contribution in [3.05, 3.63) is 0 Å². The third-order valence-electron chi connectivity index (χ3n) is 2.49. The van der Waals surface area contributed by atoms with E-state index in [2.05, 4.69) is 5.32 Å². The molecule has 0 spiro atoms. The maximum Gasteiger partial charge on any atom is 0.407 e. The number of carbonyl (C=O) groups excluding carboxylic acids is 1. The predicted molar refractivity (Wildman–Crippen MR) is 64.2 cm³/mol. The summed E-state index contributed by atoms with van der Waals surface area (Å²) >= 11 is 0. The van der Waals surface area contributed by atoms with Gasteiger partial charge in [-0.1, -0.05) is 12.8 Å². The van der Waals surface area contributed by atoms with Crippen LogP contribution in [-0.2, 0) is 4.74 Å². The van der Waals surface area contributed by atoms with Crippen LogP contribution < -0.4 is 11.1 Å². The number of amides is 1. The number of ether oxygens (including phenoxy) is 1. The lowest BCUT2D eigenvalue weighted by Gasteiger charge is -2.26. The second-order valence-corrected chi connectivity index (χ2v) is 6.16. The SMILES string of the molecule is CC(N)(CNC(=O)OC(C)(C)C)CC1CC1. The van der Waals surface area contributed by atoms with Gasteiger partial charge < -0.3 is 15.8 Å². The number of hydrogen-bond donors (Lipinski definition) is 2. The van der Waals surface area contributed by atoms with Crippen molar-refractivity contribution in [3.63, 3.8) is 0 Å². The molecule has 0 aromatic carbocycles. The summed E-state index contributed by atoms with van der Waals surface area (Å²) in [6, 6.07) is 0. The van der Waals surface area contributed by atoms with Crippen molar-refractivity contribution in [2.24, 2.45) is 11.7 Å². The molecule has 1 saturated carbocycles. The maximum absolute atomic E-state index is 11.4. The molecule has 4 nitrogen and oxygen atoms in total. The van der Waals surface area contributed by atoms with Crippen LogP contribution in [0.5, 0.6) is 0 Å². The summed E-state index contributed by atoms with van der Waals surface area (Å²) in [5, 5.41) is 2.73. The van der Waals surface area contributed by atoms with Crippen LogP contribution in [0.25, 0.3) is 0 Å². The van der Waals surface area contributed by atoms with Gasteiger partial charge in [-0.05, 0) is 40.0 Å². The first-order valence-electron chi connectivity index (χ1n) is 5.94. The minimum Gasteiger partial charge on any atom is -0.444 e. The van der Waals surface area contributed by atoms with Crippen molar-refractivity contribution in [3.8, 4) is 0 Å². The van der Waals surface area contributed by atoms with Crippen molar-refractivity contribution in [2.75, 3.05) is 6.54 Å². The minimum absolute atomic E-state index is 0.321. The average Bonchev–Trinajstić information content (AvgIpc) is 2.81. The van der Waals surface area contributed by atoms with Crippen LogP contribution in [0.15, 0.2) is 0 Å². The molecular formula is C12H24N2O2. The van der Waals surface area contributed by atoms with Crippen LogP contribution in [0.2, 0.25) is 0 Å². The molecule has 0 saturated heterocycles. The highest BCUT2D eigenvalue weighted by molar-refractivity contribution is 5.67. The highest BCUT2D eigenvalue weighted by atomic mass is 16.6. The van der Waals surface area contributed by atoms with Crippen molar-refractivity contribution in [2.45, 2.75) is 58.1 Å². The van der Waals surface area contributed by atoms with Crippen molar-refractivity contribution >= 4 is 6.09 Å². The number of rotatable bonds is 4. The Morgan fingerprint density at radius 1 is 1.38 bits per heavy atom. The Morgan fingerprint density at radius 3 is 2.38 bits per heavy atom. The van der Waals surface area contributed by atoms with E-state index in [1.165, 1.54) is 12.8 Å². The van der Waals surface area contributed by atoms with Crippen LogP contribution in [0.3, 0.4) is 0 Å². The van der Waals surface area contributed by atoms with E-state index >= 15 is 0 Å². The summed E-state index contributed by atoms with van der Waals surface area (Å²) in [5.41, 5.74) is 5.33. The summed E-state index contributed by atoms with van der Waals surface area (Å²) in [5.74, 6) is 0.760. The van der Waals surface area contributed by atoms with E-state index in [0.717, 1.165) is 12.3 Å². The van der Waals surface area contributed by atoms with Crippen LogP contribution in [0.4, 0.5) is 4.79 Å². The van der Waals surface area contributed by atoms with E-state index in [1.807, 2.05) is 27.7 Å². The van der Waals surface area contributed by atoms with Crippen LogP contribution >= 0.6 is 0 Å². The molecule has 1 aliphatic rings. The number of alkyl carbamates (subject to hydrolysis) is 1. The van der Waals surface area contributed by atoms with E-state index in [9.17, 15) is 4.79 Å². The normalized spacial score (nSPS) is 20.1. The van der Waals surface area contributed by atoms with Crippen LogP contribution in [0.1, 0.15) is 47.0 Å². The third kappa shape index (κ3) is 5.95. The molecule has 16 heavy (non-hydrogen) atoms. The fourth-order valence-electron chi connectivity index (χ4n) is 1.64. The lowest BCUT2D eigenvalue weighted by atomic mass is 9.96. The Bertz CT molecular complexity index is 252. The monoisotopic (exact) mass is 228 g/mol. The van der Waals surface area contributed by atoms with Crippen LogP contribution in [0, 0.1) is 5.92 Å². The van der Waals surface area contributed by atoms with Gasteiger partial charge in [-0.2, -0.15) is 0 Å². The molecule has 0 bridgehead atoms. The van der Waals surface area contributed by atoms with E-state index in [-0.39, 0.29) is 11.6 Å². The Hall–Kier alpha value is -0.770. The summed E-state index contributed by atoms with van der Waals surface area (Å²) in [4.78, 5) is 11.4. The molecule has 0 heterocycles. The highest BCUT2D eigenvalue weighted by Gasteiger charge is 2.31. The molecule has 94 valence electrons. The lowest BCUT2D eigenvalue weighted by molar-refractivity contribution is 0.0514. The number of carbonyl (C=O) groups is 1. The first-order valence-corrected chi connectivity index (χ1v) is 5.94. The van der Waals surface area contributed by atoms with Crippen molar-refractivity contribution in [1.82, 2.24) is 5.32 Å². The van der Waals surface area contributed by atoms with Gasteiger partial charge in [-0.3, -0.25) is 0 Å². The quantitative estimate of drug-likeness (QED) is 0.773. The van der Waals surface area contributed by atoms with Gasteiger partial charge >= 0.3 is 6.09 Å². The summed E-state index contributed by atoms with van der Waals surface area (Å²) < 4.78 is 5.15. The predicted octanol–water partition coefficient (Wildman–Crippen LogP) is 2.03. The summed E-state index contributed by atoms with van der Waals surface area (Å²) in [6.07, 6.45) is 3.14. The fraction of sp³-hybridized carbons (Fsp3) is 0.917. The molecule has 1 fully saturated rings. The van der Waals surface area contributed by atoms with Gasteiger partial charge in [0.15, 0.2) is 0 Å². The van der Waals surface area contributed by atoms with Crippen molar-refractivity contribution < 1.29 is 9.53 Å². The number of nitrogens with one attached hydrogen (secondary N) is 1. The zero-order chi connectivity index (χ0) is 12.4. The molecule has 0 aromatic rings. The van der Waals surface area contributed by atoms with Crippen molar-refractivity contribution in [1.29, 1.82) is 0 Å². The van der Waals surface area contributed by atoms with Gasteiger partial charge in [0.25, 0.3) is 0 Å². The number of hydrogen-bond acceptors (Lipinski definition) is 3. The maximum atomic E-state index is 11.4. The highest BCUT2D eigenvalue weighted by Crippen LogP contribution is 2.35. The lowest BCUT2D eigenvalue weighted by Crippen LogP contribution is -2.49. The molecule has 0 aromatic heterocycles. The zero-order valence-corrected chi connectivity index (χ0v) is 10.8. The summed E-state index contributed by atoms with van der Waals surface area (Å²) in [6.45, 7) is 7.98. The topological polar surface area (TPSA) is 64.3 Å². The zero-order valence-electron chi connectivity index (χ0n) is 10.8. The van der Waals surface area contributed by atoms with E-state index in [0.29, 0.717) is 6.54 Å². The Labute approximate surface area is 97.9 Å². The Morgan fingerprint density at radius 2 is 1.94 bits per heavy atom. The van der Waals surface area contributed by atoms with Gasteiger partial charge in [-0.15, -0.1) is 0 Å². The van der Waals surface area contributed by atoms with E-state index < -0.39 is 5.60 Å². The molecule has 3 N–H and O–H groups in total. The molecular weight excluding hydrogens is 204 g/mol.